The number of hydrogen-bond donors (Lipinski definition) is 1. The zero-order valence-corrected chi connectivity index (χ0v) is 19.4. The van der Waals surface area contributed by atoms with Crippen LogP contribution in [0.1, 0.15) is 35.4 Å². The zero-order valence-electron chi connectivity index (χ0n) is 17.9. The molecule has 0 spiro atoms. The van der Waals surface area contributed by atoms with Crippen molar-refractivity contribution in [2.45, 2.75) is 37.1 Å². The third kappa shape index (κ3) is 4.41. The maximum Gasteiger partial charge on any atom is 0.255 e. The molecule has 0 radical (unpaired) electrons. The minimum Gasteiger partial charge on any atom is -0.322 e. The molecule has 2 aromatic carbocycles. The molecule has 1 aliphatic rings. The van der Waals surface area contributed by atoms with E-state index in [4.69, 9.17) is 11.6 Å². The van der Waals surface area contributed by atoms with Crippen LogP contribution in [0.5, 0.6) is 0 Å². The summed E-state index contributed by atoms with van der Waals surface area (Å²) < 4.78 is 28.1. The van der Waals surface area contributed by atoms with E-state index < -0.39 is 15.9 Å². The Kier molecular flexibility index (Phi) is 6.32. The van der Waals surface area contributed by atoms with Gasteiger partial charge in [0.2, 0.25) is 10.0 Å². The lowest BCUT2D eigenvalue weighted by Gasteiger charge is -2.14. The molecule has 8 nitrogen and oxygen atoms in total. The summed E-state index contributed by atoms with van der Waals surface area (Å²) in [4.78, 5) is 12.6. The Morgan fingerprint density at radius 1 is 1.06 bits per heavy atom. The quantitative estimate of drug-likeness (QED) is 0.607. The van der Waals surface area contributed by atoms with Gasteiger partial charge in [0.15, 0.2) is 5.82 Å². The van der Waals surface area contributed by atoms with Gasteiger partial charge < -0.3 is 9.88 Å². The molecule has 0 saturated carbocycles. The normalized spacial score (nSPS) is 14.1. The van der Waals surface area contributed by atoms with Gasteiger partial charge in [-0.25, -0.2) is 12.7 Å². The Morgan fingerprint density at radius 2 is 1.81 bits per heavy atom. The number of fused-ring (bicyclic) bond motifs is 1. The Labute approximate surface area is 192 Å². The van der Waals surface area contributed by atoms with Gasteiger partial charge in [-0.2, -0.15) is 0 Å². The van der Waals surface area contributed by atoms with Crippen LogP contribution >= 0.6 is 11.6 Å². The highest BCUT2D eigenvalue weighted by Crippen LogP contribution is 2.26. The summed E-state index contributed by atoms with van der Waals surface area (Å²) in [5, 5.41) is 11.5. The lowest BCUT2D eigenvalue weighted by Crippen LogP contribution is -2.23. The third-order valence-corrected chi connectivity index (χ3v) is 7.76. The SMILES string of the molecule is CN(C)S(=O)(=O)c1cc(C(=O)Nc2ccc(-c3nnc4n3CCCCC4)cc2)ccc1Cl. The molecule has 168 valence electrons. The van der Waals surface area contributed by atoms with Crippen molar-refractivity contribution in [3.8, 4) is 11.4 Å². The zero-order chi connectivity index (χ0) is 22.9. The van der Waals surface area contributed by atoms with E-state index in [2.05, 4.69) is 20.1 Å². The number of carbonyl (C=O) groups excluding carboxylic acids is 1. The summed E-state index contributed by atoms with van der Waals surface area (Å²) in [6.45, 7) is 0.908. The number of halogens is 1. The fourth-order valence-electron chi connectivity index (χ4n) is 3.64. The van der Waals surface area contributed by atoms with Crippen LogP contribution in [-0.2, 0) is 23.0 Å². The van der Waals surface area contributed by atoms with Crippen molar-refractivity contribution in [3.63, 3.8) is 0 Å². The molecule has 0 atom stereocenters. The number of aryl methyl sites for hydroxylation is 1. The second-order valence-electron chi connectivity index (χ2n) is 7.87. The Hall–Kier alpha value is -2.75. The van der Waals surface area contributed by atoms with Gasteiger partial charge in [0.1, 0.15) is 10.7 Å². The minimum atomic E-state index is -3.77. The Morgan fingerprint density at radius 3 is 2.53 bits per heavy atom. The number of rotatable bonds is 5. The first-order chi connectivity index (χ1) is 15.3. The van der Waals surface area contributed by atoms with Gasteiger partial charge in [0.25, 0.3) is 5.91 Å². The molecule has 1 aliphatic heterocycles. The molecule has 3 aromatic rings. The smallest absolute Gasteiger partial charge is 0.255 e. The summed E-state index contributed by atoms with van der Waals surface area (Å²) >= 11 is 6.07. The van der Waals surface area contributed by atoms with E-state index in [9.17, 15) is 13.2 Å². The standard InChI is InChI=1S/C22H24ClN5O3S/c1-27(2)32(30,31)19-14-16(9-12-18(19)23)22(29)24-17-10-7-15(8-11-17)21-26-25-20-6-4-3-5-13-28(20)21/h7-12,14H,3-6,13H2,1-2H3,(H,24,29). The molecule has 0 fully saturated rings. The summed E-state index contributed by atoms with van der Waals surface area (Å²) in [6.07, 6.45) is 4.37. The van der Waals surface area contributed by atoms with Crippen LogP contribution in [-0.4, -0.2) is 47.5 Å². The molecule has 0 aliphatic carbocycles. The van der Waals surface area contributed by atoms with Crippen molar-refractivity contribution in [2.75, 3.05) is 19.4 Å². The summed E-state index contributed by atoms with van der Waals surface area (Å²) in [7, 11) is -0.949. The van der Waals surface area contributed by atoms with Gasteiger partial charge in [0.05, 0.1) is 5.02 Å². The van der Waals surface area contributed by atoms with Gasteiger partial charge in [-0.15, -0.1) is 10.2 Å². The molecular formula is C22H24ClN5O3S. The first kappa shape index (κ1) is 22.4. The number of hydrogen-bond acceptors (Lipinski definition) is 5. The fraction of sp³-hybridized carbons (Fsp3) is 0.318. The van der Waals surface area contributed by atoms with E-state index in [1.165, 1.54) is 38.7 Å². The molecule has 1 aromatic heterocycles. The Balaban J connectivity index is 1.54. The number of nitrogens with zero attached hydrogens (tertiary/aromatic N) is 4. The lowest BCUT2D eigenvalue weighted by atomic mass is 10.1. The number of sulfonamides is 1. The number of anilines is 1. The van der Waals surface area contributed by atoms with Crippen LogP contribution in [0, 0.1) is 0 Å². The van der Waals surface area contributed by atoms with Crippen LogP contribution in [0.15, 0.2) is 47.4 Å². The van der Waals surface area contributed by atoms with Gasteiger partial charge in [-0.05, 0) is 55.3 Å². The van der Waals surface area contributed by atoms with E-state index in [0.29, 0.717) is 5.69 Å². The molecule has 4 rings (SSSR count). The number of nitrogens with one attached hydrogen (secondary N) is 1. The topological polar surface area (TPSA) is 97.2 Å². The molecule has 0 bridgehead atoms. The number of carbonyl (C=O) groups is 1. The maximum atomic E-state index is 12.7. The first-order valence-electron chi connectivity index (χ1n) is 10.3. The van der Waals surface area contributed by atoms with E-state index in [1.807, 2.05) is 12.1 Å². The first-order valence-corrected chi connectivity index (χ1v) is 12.1. The molecule has 0 saturated heterocycles. The van der Waals surface area contributed by atoms with Crippen molar-refractivity contribution >= 4 is 33.2 Å². The van der Waals surface area contributed by atoms with Crippen LogP contribution in [0.4, 0.5) is 5.69 Å². The van der Waals surface area contributed by atoms with Gasteiger partial charge in [-0.3, -0.25) is 4.79 Å². The fourth-order valence-corrected chi connectivity index (χ4v) is 5.04. The van der Waals surface area contributed by atoms with Gasteiger partial charge in [0, 0.05) is 43.9 Å². The molecule has 10 heteroatoms. The van der Waals surface area contributed by atoms with Crippen LogP contribution in [0.3, 0.4) is 0 Å². The number of amides is 1. The monoisotopic (exact) mass is 473 g/mol. The van der Waals surface area contributed by atoms with E-state index in [-0.39, 0.29) is 15.5 Å². The van der Waals surface area contributed by atoms with Gasteiger partial charge >= 0.3 is 0 Å². The van der Waals surface area contributed by atoms with Crippen molar-refractivity contribution < 1.29 is 13.2 Å². The van der Waals surface area contributed by atoms with Crippen LogP contribution < -0.4 is 5.32 Å². The van der Waals surface area contributed by atoms with E-state index in [0.717, 1.165) is 47.3 Å². The van der Waals surface area contributed by atoms with Crippen molar-refractivity contribution in [1.82, 2.24) is 19.1 Å². The van der Waals surface area contributed by atoms with Crippen molar-refractivity contribution in [1.29, 1.82) is 0 Å². The average molecular weight is 474 g/mol. The minimum absolute atomic E-state index is 0.0621. The van der Waals surface area contributed by atoms with Crippen molar-refractivity contribution in [2.24, 2.45) is 0 Å². The summed E-state index contributed by atoms with van der Waals surface area (Å²) in [5.41, 5.74) is 1.71. The highest BCUT2D eigenvalue weighted by atomic mass is 35.5. The van der Waals surface area contributed by atoms with E-state index >= 15 is 0 Å². The highest BCUT2D eigenvalue weighted by Gasteiger charge is 2.22. The van der Waals surface area contributed by atoms with Gasteiger partial charge in [-0.1, -0.05) is 18.0 Å². The number of benzene rings is 2. The second kappa shape index (κ2) is 9.01. The summed E-state index contributed by atoms with van der Waals surface area (Å²) in [5.74, 6) is 1.41. The maximum absolute atomic E-state index is 12.7. The van der Waals surface area contributed by atoms with Crippen LogP contribution in [0.2, 0.25) is 5.02 Å². The third-order valence-electron chi connectivity index (χ3n) is 5.46. The summed E-state index contributed by atoms with van der Waals surface area (Å²) in [6, 6.07) is 11.5. The Bertz CT molecular complexity index is 1250. The molecule has 32 heavy (non-hydrogen) atoms. The predicted molar refractivity (Wildman–Crippen MR) is 123 cm³/mol. The van der Waals surface area contributed by atoms with Crippen molar-refractivity contribution in [3.05, 3.63) is 58.9 Å². The molecule has 1 amide bonds. The highest BCUT2D eigenvalue weighted by molar-refractivity contribution is 7.89. The molecular weight excluding hydrogens is 450 g/mol. The molecule has 0 unspecified atom stereocenters. The molecule has 2 heterocycles. The lowest BCUT2D eigenvalue weighted by molar-refractivity contribution is 0.102. The molecule has 1 N–H and O–H groups in total. The largest absolute Gasteiger partial charge is 0.322 e. The second-order valence-corrected chi connectivity index (χ2v) is 10.4. The van der Waals surface area contributed by atoms with Crippen LogP contribution in [0.25, 0.3) is 11.4 Å². The van der Waals surface area contributed by atoms with E-state index in [1.54, 1.807) is 12.1 Å². The predicted octanol–water partition coefficient (Wildman–Crippen LogP) is 3.83. The average Bonchev–Trinajstić information content (AvgIpc) is 3.02. The number of aromatic nitrogens is 3.